The molecule has 106 valence electrons. The van der Waals surface area contributed by atoms with E-state index in [1.165, 1.54) is 6.92 Å². The molecule has 0 aliphatic carbocycles. The van der Waals surface area contributed by atoms with Crippen molar-refractivity contribution in [2.75, 3.05) is 10.6 Å². The van der Waals surface area contributed by atoms with Crippen LogP contribution in [-0.2, 0) is 11.3 Å². The number of hydrogen-bond donors (Lipinski definition) is 2. The van der Waals surface area contributed by atoms with Crippen molar-refractivity contribution in [2.24, 2.45) is 0 Å². The molecule has 5 nitrogen and oxygen atoms in total. The number of benzene rings is 1. The molecule has 1 aromatic heterocycles. The molecule has 0 radical (unpaired) electrons. The van der Waals surface area contributed by atoms with Crippen LogP contribution >= 0.6 is 15.9 Å². The maximum absolute atomic E-state index is 10.9. The second-order valence-corrected chi connectivity index (χ2v) is 5.60. The topological polar surface area (TPSA) is 59.0 Å². The predicted molar refractivity (Wildman–Crippen MR) is 83.8 cm³/mol. The molecule has 0 bridgehead atoms. The van der Waals surface area contributed by atoms with E-state index in [2.05, 4.69) is 38.6 Å². The Morgan fingerprint density at radius 2 is 2.00 bits per heavy atom. The van der Waals surface area contributed by atoms with E-state index in [0.717, 1.165) is 22.4 Å². The second-order valence-electron chi connectivity index (χ2n) is 4.68. The van der Waals surface area contributed by atoms with Crippen LogP contribution in [0.25, 0.3) is 0 Å². The van der Waals surface area contributed by atoms with Crippen LogP contribution in [0, 0.1) is 0 Å². The number of carbonyl (C=O) groups excluding carboxylic acids is 1. The summed E-state index contributed by atoms with van der Waals surface area (Å²) in [5.74, 6) is -0.0664. The van der Waals surface area contributed by atoms with Crippen molar-refractivity contribution >= 4 is 33.2 Å². The van der Waals surface area contributed by atoms with Crippen LogP contribution < -0.4 is 10.6 Å². The van der Waals surface area contributed by atoms with E-state index >= 15 is 0 Å². The first-order chi connectivity index (χ1) is 9.52. The Kier molecular flexibility index (Phi) is 4.79. The number of rotatable bonds is 5. The van der Waals surface area contributed by atoms with Crippen molar-refractivity contribution in [3.05, 3.63) is 41.1 Å². The molecule has 0 spiro atoms. The van der Waals surface area contributed by atoms with Gasteiger partial charge in [0.1, 0.15) is 0 Å². The van der Waals surface area contributed by atoms with Gasteiger partial charge in [-0.05, 0) is 47.1 Å². The van der Waals surface area contributed by atoms with E-state index in [1.54, 1.807) is 6.20 Å². The van der Waals surface area contributed by atoms with E-state index in [-0.39, 0.29) is 11.9 Å². The van der Waals surface area contributed by atoms with Crippen LogP contribution in [0.5, 0.6) is 0 Å². The van der Waals surface area contributed by atoms with Crippen LogP contribution in [0.2, 0.25) is 0 Å². The number of hydrogen-bond acceptors (Lipinski definition) is 3. The van der Waals surface area contributed by atoms with Crippen LogP contribution in [0.3, 0.4) is 0 Å². The van der Waals surface area contributed by atoms with Gasteiger partial charge >= 0.3 is 0 Å². The normalized spacial score (nSPS) is 11.9. The molecule has 6 heteroatoms. The fraction of sp³-hybridized carbons (Fsp3) is 0.286. The van der Waals surface area contributed by atoms with Crippen LogP contribution in [0.15, 0.2) is 41.1 Å². The van der Waals surface area contributed by atoms with Gasteiger partial charge in [0.05, 0.1) is 17.2 Å². The van der Waals surface area contributed by atoms with Gasteiger partial charge in [-0.3, -0.25) is 9.48 Å². The van der Waals surface area contributed by atoms with Gasteiger partial charge in [-0.1, -0.05) is 0 Å². The van der Waals surface area contributed by atoms with Crippen LogP contribution in [0.1, 0.15) is 13.8 Å². The molecule has 1 aromatic carbocycles. The number of carbonyl (C=O) groups is 1. The first kappa shape index (κ1) is 14.6. The maximum atomic E-state index is 10.9. The number of nitrogens with one attached hydrogen (secondary N) is 2. The lowest BCUT2D eigenvalue weighted by atomic mass is 10.2. The van der Waals surface area contributed by atoms with Gasteiger partial charge in [0, 0.05) is 30.5 Å². The molecule has 1 amide bonds. The number of halogens is 1. The molecule has 2 rings (SSSR count). The predicted octanol–water partition coefficient (Wildman–Crippen LogP) is 3.10. The molecule has 2 aromatic rings. The average molecular weight is 337 g/mol. The standard InChI is InChI=1S/C14H17BrN4O/c1-10(8-19-9-12(15)7-16-19)17-13-3-5-14(6-4-13)18-11(2)20/h3-7,9-10,17H,8H2,1-2H3,(H,18,20)/t10-/m0/s1. The minimum atomic E-state index is -0.0664. The minimum Gasteiger partial charge on any atom is -0.381 e. The van der Waals surface area contributed by atoms with Gasteiger partial charge in [-0.15, -0.1) is 0 Å². The van der Waals surface area contributed by atoms with Crippen LogP contribution in [0.4, 0.5) is 11.4 Å². The zero-order valence-electron chi connectivity index (χ0n) is 11.4. The summed E-state index contributed by atoms with van der Waals surface area (Å²) in [6, 6.07) is 7.89. The SMILES string of the molecule is CC(=O)Nc1ccc(N[C@@H](C)Cn2cc(Br)cn2)cc1. The van der Waals surface area contributed by atoms with Gasteiger partial charge in [0.25, 0.3) is 0 Å². The van der Waals surface area contributed by atoms with Gasteiger partial charge in [0.2, 0.25) is 5.91 Å². The molecule has 0 unspecified atom stereocenters. The molecular formula is C14H17BrN4O. The first-order valence-corrected chi connectivity index (χ1v) is 7.14. The minimum absolute atomic E-state index is 0.0664. The van der Waals surface area contributed by atoms with Crippen molar-refractivity contribution in [2.45, 2.75) is 26.4 Å². The van der Waals surface area contributed by atoms with Gasteiger partial charge < -0.3 is 10.6 Å². The summed E-state index contributed by atoms with van der Waals surface area (Å²) in [5.41, 5.74) is 1.81. The molecule has 0 saturated heterocycles. The lowest BCUT2D eigenvalue weighted by Crippen LogP contribution is -2.22. The Balaban J connectivity index is 1.90. The van der Waals surface area contributed by atoms with Crippen molar-refractivity contribution in [3.63, 3.8) is 0 Å². The summed E-state index contributed by atoms with van der Waals surface area (Å²) in [6.45, 7) is 4.37. The van der Waals surface area contributed by atoms with E-state index in [0.29, 0.717) is 0 Å². The summed E-state index contributed by atoms with van der Waals surface area (Å²) in [6.07, 6.45) is 3.72. The summed E-state index contributed by atoms with van der Waals surface area (Å²) >= 11 is 3.38. The molecule has 20 heavy (non-hydrogen) atoms. The quantitative estimate of drug-likeness (QED) is 0.881. The van der Waals surface area contributed by atoms with Gasteiger partial charge in [0.15, 0.2) is 0 Å². The number of aromatic nitrogens is 2. The highest BCUT2D eigenvalue weighted by Gasteiger charge is 2.04. The molecule has 1 atom stereocenters. The lowest BCUT2D eigenvalue weighted by molar-refractivity contribution is -0.114. The first-order valence-electron chi connectivity index (χ1n) is 6.35. The third kappa shape index (κ3) is 4.38. The highest BCUT2D eigenvalue weighted by atomic mass is 79.9. The third-order valence-electron chi connectivity index (χ3n) is 2.68. The zero-order valence-corrected chi connectivity index (χ0v) is 13.0. The maximum Gasteiger partial charge on any atom is 0.221 e. The molecule has 0 fully saturated rings. The molecule has 0 aliphatic heterocycles. The molecule has 0 saturated carbocycles. The summed E-state index contributed by atoms with van der Waals surface area (Å²) in [4.78, 5) is 10.9. The van der Waals surface area contributed by atoms with E-state index in [9.17, 15) is 4.79 Å². The molecular weight excluding hydrogens is 320 g/mol. The Hall–Kier alpha value is -1.82. The Morgan fingerprint density at radius 1 is 1.35 bits per heavy atom. The zero-order chi connectivity index (χ0) is 14.5. The Labute approximate surface area is 126 Å². The largest absolute Gasteiger partial charge is 0.381 e. The number of nitrogens with zero attached hydrogens (tertiary/aromatic N) is 2. The fourth-order valence-electron chi connectivity index (χ4n) is 1.90. The molecule has 1 heterocycles. The van der Waals surface area contributed by atoms with Crippen molar-refractivity contribution in [1.82, 2.24) is 9.78 Å². The molecule has 2 N–H and O–H groups in total. The third-order valence-corrected chi connectivity index (χ3v) is 3.09. The summed E-state index contributed by atoms with van der Waals surface area (Å²) in [7, 11) is 0. The highest BCUT2D eigenvalue weighted by Crippen LogP contribution is 2.15. The van der Waals surface area contributed by atoms with Crippen molar-refractivity contribution in [3.8, 4) is 0 Å². The van der Waals surface area contributed by atoms with E-state index in [4.69, 9.17) is 0 Å². The van der Waals surface area contributed by atoms with Crippen LogP contribution in [-0.4, -0.2) is 21.7 Å². The average Bonchev–Trinajstić information content (AvgIpc) is 2.76. The molecule has 0 aliphatic rings. The highest BCUT2D eigenvalue weighted by molar-refractivity contribution is 9.10. The monoisotopic (exact) mass is 336 g/mol. The lowest BCUT2D eigenvalue weighted by Gasteiger charge is -2.15. The second kappa shape index (κ2) is 6.56. The number of anilines is 2. The van der Waals surface area contributed by atoms with E-state index in [1.807, 2.05) is 35.1 Å². The van der Waals surface area contributed by atoms with Gasteiger partial charge in [-0.2, -0.15) is 5.10 Å². The van der Waals surface area contributed by atoms with Crippen molar-refractivity contribution < 1.29 is 4.79 Å². The Bertz CT molecular complexity index is 579. The number of amides is 1. The summed E-state index contributed by atoms with van der Waals surface area (Å²) < 4.78 is 2.86. The van der Waals surface area contributed by atoms with Crippen molar-refractivity contribution in [1.29, 1.82) is 0 Å². The Morgan fingerprint density at radius 3 is 2.55 bits per heavy atom. The van der Waals surface area contributed by atoms with E-state index < -0.39 is 0 Å². The fourth-order valence-corrected chi connectivity index (χ4v) is 2.23. The van der Waals surface area contributed by atoms with Gasteiger partial charge in [-0.25, -0.2) is 0 Å². The summed E-state index contributed by atoms with van der Waals surface area (Å²) in [5, 5.41) is 10.4. The smallest absolute Gasteiger partial charge is 0.221 e.